The minimum Gasteiger partial charge on any atom is -0.497 e. The zero-order chi connectivity index (χ0) is 12.3. The molecule has 0 saturated heterocycles. The molecule has 2 N–H and O–H groups in total. The fraction of sp³-hybridized carbons (Fsp3) is 0.429. The lowest BCUT2D eigenvalue weighted by Gasteiger charge is -2.04. The zero-order valence-corrected chi connectivity index (χ0v) is 10.8. The van der Waals surface area contributed by atoms with Crippen LogP contribution in [0.5, 0.6) is 5.75 Å². The summed E-state index contributed by atoms with van der Waals surface area (Å²) in [5.41, 5.74) is 3.83. The zero-order valence-electron chi connectivity index (χ0n) is 10.8. The standard InChI is InChI=1S/C14H20N2O/c1-10-7-12(17-3)8-13-11(5-4-6-15-2)9-16-14(10)13/h7-9,15-16H,4-6H2,1-3H3. The van der Waals surface area contributed by atoms with E-state index in [4.69, 9.17) is 4.74 Å². The molecule has 17 heavy (non-hydrogen) atoms. The lowest BCUT2D eigenvalue weighted by atomic mass is 10.1. The Bertz CT molecular complexity index is 502. The number of hydrogen-bond acceptors (Lipinski definition) is 2. The van der Waals surface area contributed by atoms with Gasteiger partial charge in [-0.1, -0.05) is 0 Å². The van der Waals surface area contributed by atoms with Crippen LogP contribution in [0.3, 0.4) is 0 Å². The maximum Gasteiger partial charge on any atom is 0.119 e. The summed E-state index contributed by atoms with van der Waals surface area (Å²) < 4.78 is 5.33. The summed E-state index contributed by atoms with van der Waals surface area (Å²) in [5.74, 6) is 0.935. The Labute approximate surface area is 102 Å². The number of methoxy groups -OCH3 is 1. The van der Waals surface area contributed by atoms with E-state index in [2.05, 4.69) is 35.6 Å². The Morgan fingerprint density at radius 3 is 2.88 bits per heavy atom. The van der Waals surface area contributed by atoms with Gasteiger partial charge in [-0.25, -0.2) is 0 Å². The van der Waals surface area contributed by atoms with Crippen molar-refractivity contribution in [3.05, 3.63) is 29.5 Å². The first-order valence-corrected chi connectivity index (χ1v) is 6.05. The Morgan fingerprint density at radius 2 is 2.18 bits per heavy atom. The van der Waals surface area contributed by atoms with Crippen molar-refractivity contribution >= 4 is 10.9 Å². The van der Waals surface area contributed by atoms with E-state index in [1.807, 2.05) is 7.05 Å². The highest BCUT2D eigenvalue weighted by molar-refractivity contribution is 5.87. The highest BCUT2D eigenvalue weighted by Gasteiger charge is 2.07. The first kappa shape index (κ1) is 12.0. The molecule has 1 aromatic carbocycles. The molecule has 0 unspecified atom stereocenters. The van der Waals surface area contributed by atoms with Crippen molar-refractivity contribution in [1.29, 1.82) is 0 Å². The number of hydrogen-bond donors (Lipinski definition) is 2. The lowest BCUT2D eigenvalue weighted by molar-refractivity contribution is 0.415. The van der Waals surface area contributed by atoms with Gasteiger partial charge in [-0.3, -0.25) is 0 Å². The van der Waals surface area contributed by atoms with E-state index in [0.717, 1.165) is 25.1 Å². The Balaban J connectivity index is 2.33. The summed E-state index contributed by atoms with van der Waals surface area (Å²) >= 11 is 0. The van der Waals surface area contributed by atoms with Gasteiger partial charge in [0.1, 0.15) is 5.75 Å². The van der Waals surface area contributed by atoms with Crippen molar-refractivity contribution < 1.29 is 4.74 Å². The smallest absolute Gasteiger partial charge is 0.119 e. The summed E-state index contributed by atoms with van der Waals surface area (Å²) in [6.07, 6.45) is 4.36. The minimum absolute atomic E-state index is 0.935. The number of H-pyrrole nitrogens is 1. The number of ether oxygens (including phenoxy) is 1. The molecule has 0 aliphatic rings. The van der Waals surface area contributed by atoms with Crippen molar-refractivity contribution in [2.45, 2.75) is 19.8 Å². The fourth-order valence-electron chi connectivity index (χ4n) is 2.22. The van der Waals surface area contributed by atoms with Crippen LogP contribution in [0.2, 0.25) is 0 Å². The highest BCUT2D eigenvalue weighted by atomic mass is 16.5. The van der Waals surface area contributed by atoms with Gasteiger partial charge >= 0.3 is 0 Å². The van der Waals surface area contributed by atoms with Gasteiger partial charge in [0.25, 0.3) is 0 Å². The largest absolute Gasteiger partial charge is 0.497 e. The maximum atomic E-state index is 5.33. The van der Waals surface area contributed by atoms with E-state index >= 15 is 0 Å². The van der Waals surface area contributed by atoms with Gasteiger partial charge in [0.15, 0.2) is 0 Å². The minimum atomic E-state index is 0.935. The molecule has 0 spiro atoms. The topological polar surface area (TPSA) is 37.0 Å². The fourth-order valence-corrected chi connectivity index (χ4v) is 2.22. The number of nitrogens with one attached hydrogen (secondary N) is 2. The number of aromatic amines is 1. The van der Waals surface area contributed by atoms with E-state index in [9.17, 15) is 0 Å². The van der Waals surface area contributed by atoms with Gasteiger partial charge in [-0.2, -0.15) is 0 Å². The molecular weight excluding hydrogens is 212 g/mol. The molecule has 0 saturated carbocycles. The Morgan fingerprint density at radius 1 is 1.35 bits per heavy atom. The second-order valence-corrected chi connectivity index (χ2v) is 4.39. The first-order chi connectivity index (χ1) is 8.26. The van der Waals surface area contributed by atoms with Gasteiger partial charge in [-0.05, 0) is 56.6 Å². The van der Waals surface area contributed by atoms with Crippen LogP contribution in [0, 0.1) is 6.92 Å². The van der Waals surface area contributed by atoms with Gasteiger partial charge in [0.05, 0.1) is 7.11 Å². The number of benzene rings is 1. The predicted octanol–water partition coefficient (Wildman–Crippen LogP) is 2.64. The molecule has 0 aliphatic heterocycles. The molecule has 0 atom stereocenters. The molecule has 1 aromatic heterocycles. The molecule has 3 heteroatoms. The van der Waals surface area contributed by atoms with E-state index in [1.54, 1.807) is 7.11 Å². The van der Waals surface area contributed by atoms with Crippen LogP contribution in [0.1, 0.15) is 17.5 Å². The molecule has 0 fully saturated rings. The second-order valence-electron chi connectivity index (χ2n) is 4.39. The summed E-state index contributed by atoms with van der Waals surface area (Å²) in [6, 6.07) is 4.18. The SMILES string of the molecule is CNCCCc1c[nH]c2c(C)cc(OC)cc12. The van der Waals surface area contributed by atoms with Gasteiger partial charge < -0.3 is 15.0 Å². The van der Waals surface area contributed by atoms with Crippen LogP contribution in [-0.4, -0.2) is 25.7 Å². The normalized spacial score (nSPS) is 11.0. The summed E-state index contributed by atoms with van der Waals surface area (Å²) in [4.78, 5) is 3.36. The van der Waals surface area contributed by atoms with Crippen LogP contribution in [0.15, 0.2) is 18.3 Å². The lowest BCUT2D eigenvalue weighted by Crippen LogP contribution is -2.08. The third kappa shape index (κ3) is 2.44. The molecule has 0 bridgehead atoms. The van der Waals surface area contributed by atoms with Crippen LogP contribution < -0.4 is 10.1 Å². The summed E-state index contributed by atoms with van der Waals surface area (Å²) in [6.45, 7) is 3.16. The number of aromatic nitrogens is 1. The number of fused-ring (bicyclic) bond motifs is 1. The van der Waals surface area contributed by atoms with E-state index in [-0.39, 0.29) is 0 Å². The third-order valence-corrected chi connectivity index (χ3v) is 3.15. The van der Waals surface area contributed by atoms with E-state index < -0.39 is 0 Å². The van der Waals surface area contributed by atoms with Crippen LogP contribution in [0.25, 0.3) is 10.9 Å². The molecule has 2 aromatic rings. The van der Waals surface area contributed by atoms with Crippen molar-refractivity contribution in [3.63, 3.8) is 0 Å². The van der Waals surface area contributed by atoms with E-state index in [0.29, 0.717) is 0 Å². The molecular formula is C14H20N2O. The van der Waals surface area contributed by atoms with Crippen molar-refractivity contribution in [2.75, 3.05) is 20.7 Å². The number of rotatable bonds is 5. The third-order valence-electron chi connectivity index (χ3n) is 3.15. The molecule has 2 rings (SSSR count). The van der Waals surface area contributed by atoms with Crippen molar-refractivity contribution in [3.8, 4) is 5.75 Å². The maximum absolute atomic E-state index is 5.33. The van der Waals surface area contributed by atoms with Crippen LogP contribution in [0.4, 0.5) is 0 Å². The molecule has 3 nitrogen and oxygen atoms in total. The predicted molar refractivity (Wildman–Crippen MR) is 71.8 cm³/mol. The summed E-state index contributed by atoms with van der Waals surface area (Å²) in [7, 11) is 3.70. The quantitative estimate of drug-likeness (QED) is 0.778. The Kier molecular flexibility index (Phi) is 3.69. The average Bonchev–Trinajstić information content (AvgIpc) is 2.73. The monoisotopic (exact) mass is 232 g/mol. The summed E-state index contributed by atoms with van der Waals surface area (Å²) in [5, 5.41) is 4.47. The van der Waals surface area contributed by atoms with Gasteiger partial charge in [-0.15, -0.1) is 0 Å². The first-order valence-electron chi connectivity index (χ1n) is 6.05. The second kappa shape index (κ2) is 5.23. The van der Waals surface area contributed by atoms with Crippen LogP contribution in [-0.2, 0) is 6.42 Å². The van der Waals surface area contributed by atoms with Gasteiger partial charge in [0.2, 0.25) is 0 Å². The van der Waals surface area contributed by atoms with Crippen LogP contribution >= 0.6 is 0 Å². The van der Waals surface area contributed by atoms with Crippen molar-refractivity contribution in [2.24, 2.45) is 0 Å². The molecule has 0 aliphatic carbocycles. The van der Waals surface area contributed by atoms with E-state index in [1.165, 1.54) is 22.0 Å². The highest BCUT2D eigenvalue weighted by Crippen LogP contribution is 2.27. The molecule has 1 heterocycles. The molecule has 92 valence electrons. The number of aryl methyl sites for hydroxylation is 2. The van der Waals surface area contributed by atoms with Gasteiger partial charge in [0, 0.05) is 17.1 Å². The molecule has 0 amide bonds. The molecule has 0 radical (unpaired) electrons. The van der Waals surface area contributed by atoms with Crippen molar-refractivity contribution in [1.82, 2.24) is 10.3 Å². The Hall–Kier alpha value is -1.48. The average molecular weight is 232 g/mol.